The van der Waals surface area contributed by atoms with Crippen molar-refractivity contribution in [1.29, 1.82) is 0 Å². The smallest absolute Gasteiger partial charge is 0.431 e. The second-order valence-corrected chi connectivity index (χ2v) is 4.95. The van der Waals surface area contributed by atoms with E-state index in [0.717, 1.165) is 0 Å². The van der Waals surface area contributed by atoms with Gasteiger partial charge in [-0.25, -0.2) is 9.18 Å². The summed E-state index contributed by atoms with van der Waals surface area (Å²) in [6.07, 6.45) is -0.785. The number of hydrogen-bond acceptors (Lipinski definition) is 4. The number of carbonyl (C=O) groups excluding carboxylic acids is 2. The van der Waals surface area contributed by atoms with Gasteiger partial charge in [0.1, 0.15) is 11.4 Å². The Morgan fingerprint density at radius 2 is 1.80 bits per heavy atom. The summed E-state index contributed by atoms with van der Waals surface area (Å²) in [6.45, 7) is 4.71. The first kappa shape index (κ1) is 15.9. The number of ether oxygens (including phenoxy) is 1. The van der Waals surface area contributed by atoms with Crippen LogP contribution in [0, 0.1) is 5.82 Å². The van der Waals surface area contributed by atoms with Gasteiger partial charge in [0, 0.05) is 5.69 Å². The van der Waals surface area contributed by atoms with Gasteiger partial charge >= 0.3 is 6.09 Å². The average molecular weight is 284 g/mol. The van der Waals surface area contributed by atoms with Crippen LogP contribution in [0.25, 0.3) is 0 Å². The zero-order chi connectivity index (χ0) is 15.2. The Morgan fingerprint density at radius 1 is 1.20 bits per heavy atom. The van der Waals surface area contributed by atoms with Gasteiger partial charge in [-0.15, -0.1) is 0 Å². The molecule has 0 atom stereocenters. The van der Waals surface area contributed by atoms with Crippen molar-refractivity contribution in [2.45, 2.75) is 26.4 Å². The summed E-state index contributed by atoms with van der Waals surface area (Å²) in [6, 6.07) is 5.26. The van der Waals surface area contributed by atoms with Crippen LogP contribution in [0.3, 0.4) is 0 Å². The number of halogens is 1. The van der Waals surface area contributed by atoms with E-state index in [-0.39, 0.29) is 0 Å². The molecule has 7 heteroatoms. The van der Waals surface area contributed by atoms with Crippen LogP contribution in [0.4, 0.5) is 14.9 Å². The molecule has 20 heavy (non-hydrogen) atoms. The Hall–Kier alpha value is -2.15. The van der Waals surface area contributed by atoms with E-state index in [1.807, 2.05) is 5.48 Å². The molecule has 0 aromatic heterocycles. The number of hydroxylamine groups is 1. The van der Waals surface area contributed by atoms with Gasteiger partial charge < -0.3 is 10.1 Å². The Kier molecular flexibility index (Phi) is 5.45. The van der Waals surface area contributed by atoms with E-state index in [4.69, 9.17) is 4.74 Å². The van der Waals surface area contributed by atoms with Gasteiger partial charge in [-0.2, -0.15) is 5.48 Å². The highest BCUT2D eigenvalue weighted by atomic mass is 19.1. The van der Waals surface area contributed by atoms with Crippen molar-refractivity contribution in [3.63, 3.8) is 0 Å². The van der Waals surface area contributed by atoms with Gasteiger partial charge in [0.05, 0.1) is 0 Å². The highest BCUT2D eigenvalue weighted by molar-refractivity contribution is 5.91. The third-order valence-electron chi connectivity index (χ3n) is 1.89. The van der Waals surface area contributed by atoms with Crippen LogP contribution in [0.5, 0.6) is 0 Å². The average Bonchev–Trinajstić information content (AvgIpc) is 2.29. The number of nitrogens with one attached hydrogen (secondary N) is 2. The van der Waals surface area contributed by atoms with Crippen molar-refractivity contribution < 1.29 is 23.6 Å². The SMILES string of the molecule is CC(C)(C)OC(=O)NOCC(=O)Nc1ccc(F)cc1. The van der Waals surface area contributed by atoms with Crippen molar-refractivity contribution in [3.05, 3.63) is 30.1 Å². The Labute approximate surface area is 116 Å². The normalized spacial score (nSPS) is 10.8. The summed E-state index contributed by atoms with van der Waals surface area (Å²) in [5, 5.41) is 2.47. The van der Waals surface area contributed by atoms with E-state index >= 15 is 0 Å². The van der Waals surface area contributed by atoms with E-state index in [1.165, 1.54) is 24.3 Å². The topological polar surface area (TPSA) is 76.7 Å². The molecule has 0 heterocycles. The van der Waals surface area contributed by atoms with Crippen LogP contribution >= 0.6 is 0 Å². The van der Waals surface area contributed by atoms with E-state index in [1.54, 1.807) is 20.8 Å². The second-order valence-electron chi connectivity index (χ2n) is 4.95. The summed E-state index contributed by atoms with van der Waals surface area (Å²) in [7, 11) is 0. The van der Waals surface area contributed by atoms with Gasteiger partial charge in [-0.05, 0) is 45.0 Å². The number of hydrogen-bond donors (Lipinski definition) is 2. The number of amides is 2. The minimum atomic E-state index is -0.785. The first-order valence-corrected chi connectivity index (χ1v) is 5.92. The molecule has 1 aromatic carbocycles. The highest BCUT2D eigenvalue weighted by Gasteiger charge is 2.16. The molecule has 110 valence electrons. The fourth-order valence-corrected chi connectivity index (χ4v) is 1.19. The third-order valence-corrected chi connectivity index (χ3v) is 1.89. The number of anilines is 1. The molecule has 6 nitrogen and oxygen atoms in total. The molecule has 0 saturated heterocycles. The first-order chi connectivity index (χ1) is 9.26. The molecule has 0 aliphatic heterocycles. The molecule has 2 N–H and O–H groups in total. The maximum Gasteiger partial charge on any atom is 0.431 e. The summed E-state index contributed by atoms with van der Waals surface area (Å²) in [5.74, 6) is -0.890. The zero-order valence-electron chi connectivity index (χ0n) is 11.5. The lowest BCUT2D eigenvalue weighted by Gasteiger charge is -2.19. The van der Waals surface area contributed by atoms with Gasteiger partial charge in [-0.3, -0.25) is 9.63 Å². The lowest BCUT2D eigenvalue weighted by atomic mass is 10.2. The number of carbonyl (C=O) groups is 2. The standard InChI is InChI=1S/C13H17FN2O4/c1-13(2,3)20-12(18)16-19-8-11(17)15-10-6-4-9(14)5-7-10/h4-7H,8H2,1-3H3,(H,15,17)(H,16,18). The van der Waals surface area contributed by atoms with Gasteiger partial charge in [0.2, 0.25) is 0 Å². The van der Waals surface area contributed by atoms with Crippen LogP contribution in [0.2, 0.25) is 0 Å². The van der Waals surface area contributed by atoms with Crippen LogP contribution in [-0.2, 0) is 14.4 Å². The lowest BCUT2D eigenvalue weighted by molar-refractivity contribution is -0.122. The highest BCUT2D eigenvalue weighted by Crippen LogP contribution is 2.08. The fourth-order valence-electron chi connectivity index (χ4n) is 1.19. The van der Waals surface area contributed by atoms with E-state index < -0.39 is 30.0 Å². The van der Waals surface area contributed by atoms with Crippen LogP contribution < -0.4 is 10.8 Å². The molecule has 1 aromatic rings. The molecule has 0 bridgehead atoms. The minimum absolute atomic E-state index is 0.392. The molecule has 2 amide bonds. The van der Waals surface area contributed by atoms with Crippen molar-refractivity contribution in [3.8, 4) is 0 Å². The predicted octanol–water partition coefficient (Wildman–Crippen LogP) is 2.22. The molecule has 0 spiro atoms. The molecule has 0 saturated carbocycles. The molecule has 0 fully saturated rings. The van der Waals surface area contributed by atoms with Gasteiger partial charge in [0.25, 0.3) is 5.91 Å². The summed E-state index contributed by atoms with van der Waals surface area (Å²) in [5.41, 5.74) is 1.76. The molecule has 0 unspecified atom stereocenters. The quantitative estimate of drug-likeness (QED) is 0.831. The molecule has 0 aliphatic carbocycles. The number of rotatable bonds is 4. The van der Waals surface area contributed by atoms with Crippen molar-refractivity contribution in [2.75, 3.05) is 11.9 Å². The van der Waals surface area contributed by atoms with Gasteiger partial charge in [-0.1, -0.05) is 0 Å². The monoisotopic (exact) mass is 284 g/mol. The summed E-state index contributed by atoms with van der Waals surface area (Å²) in [4.78, 5) is 27.3. The predicted molar refractivity (Wildman–Crippen MR) is 70.4 cm³/mol. The fraction of sp³-hybridized carbons (Fsp3) is 0.385. The van der Waals surface area contributed by atoms with E-state index in [0.29, 0.717) is 5.69 Å². The first-order valence-electron chi connectivity index (χ1n) is 5.92. The largest absolute Gasteiger partial charge is 0.442 e. The van der Waals surface area contributed by atoms with Crippen LogP contribution in [0.15, 0.2) is 24.3 Å². The Balaban J connectivity index is 2.27. The van der Waals surface area contributed by atoms with Crippen LogP contribution in [0.1, 0.15) is 20.8 Å². The third kappa shape index (κ3) is 6.69. The van der Waals surface area contributed by atoms with Crippen molar-refractivity contribution in [1.82, 2.24) is 5.48 Å². The maximum atomic E-state index is 12.7. The van der Waals surface area contributed by atoms with Crippen molar-refractivity contribution >= 4 is 17.7 Å². The molecular formula is C13H17FN2O4. The lowest BCUT2D eigenvalue weighted by Crippen LogP contribution is -2.34. The molecular weight excluding hydrogens is 267 g/mol. The van der Waals surface area contributed by atoms with Crippen molar-refractivity contribution in [2.24, 2.45) is 0 Å². The Morgan fingerprint density at radius 3 is 2.35 bits per heavy atom. The summed E-state index contributed by atoms with van der Waals surface area (Å²) >= 11 is 0. The molecule has 0 radical (unpaired) electrons. The minimum Gasteiger partial charge on any atom is -0.442 e. The number of benzene rings is 1. The van der Waals surface area contributed by atoms with Gasteiger partial charge in [0.15, 0.2) is 6.61 Å². The molecule has 0 aliphatic rings. The Bertz CT molecular complexity index is 468. The molecule has 1 rings (SSSR count). The van der Waals surface area contributed by atoms with E-state index in [2.05, 4.69) is 10.2 Å². The van der Waals surface area contributed by atoms with E-state index in [9.17, 15) is 14.0 Å². The second kappa shape index (κ2) is 6.85. The maximum absolute atomic E-state index is 12.7. The van der Waals surface area contributed by atoms with Crippen LogP contribution in [-0.4, -0.2) is 24.2 Å². The summed E-state index contributed by atoms with van der Waals surface area (Å²) < 4.78 is 17.6. The zero-order valence-corrected chi connectivity index (χ0v) is 11.5.